The minimum Gasteiger partial charge on any atom is -0.387 e. The van der Waals surface area contributed by atoms with Crippen molar-refractivity contribution < 1.29 is 5.11 Å². The molecule has 1 atom stereocenters. The number of β-amino-alcohol motifs (C(OH)–C–C–N with tert-alkyl or cyclic N) is 1. The highest BCUT2D eigenvalue weighted by atomic mass is 16.3. The molecule has 1 aliphatic heterocycles. The number of para-hydroxylation sites is 1. The van der Waals surface area contributed by atoms with Crippen molar-refractivity contribution in [3.63, 3.8) is 0 Å². The Morgan fingerprint density at radius 2 is 1.95 bits per heavy atom. The maximum Gasteiger partial charge on any atom is 0.0967 e. The molecule has 1 aliphatic rings. The van der Waals surface area contributed by atoms with E-state index in [0.29, 0.717) is 6.54 Å². The Morgan fingerprint density at radius 3 is 2.76 bits per heavy atom. The molecule has 0 fully saturated rings. The van der Waals surface area contributed by atoms with Crippen molar-refractivity contribution in [3.8, 4) is 0 Å². The monoisotopic (exact) mass is 281 g/mol. The number of hydrogen-bond acceptors (Lipinski definition) is 2. The smallest absolute Gasteiger partial charge is 0.0967 e. The highest BCUT2D eigenvalue weighted by molar-refractivity contribution is 5.55. The van der Waals surface area contributed by atoms with Crippen molar-refractivity contribution in [3.05, 3.63) is 64.7 Å². The first-order chi connectivity index (χ1) is 10.1. The Bertz CT molecular complexity index is 635. The van der Waals surface area contributed by atoms with Gasteiger partial charge in [-0.15, -0.1) is 0 Å². The molecule has 2 nitrogen and oxygen atoms in total. The van der Waals surface area contributed by atoms with Crippen molar-refractivity contribution in [2.24, 2.45) is 0 Å². The van der Waals surface area contributed by atoms with Crippen LogP contribution in [0.3, 0.4) is 0 Å². The van der Waals surface area contributed by atoms with Gasteiger partial charge in [0, 0.05) is 18.8 Å². The second kappa shape index (κ2) is 5.90. The summed E-state index contributed by atoms with van der Waals surface area (Å²) in [6.45, 7) is 5.86. The molecule has 3 rings (SSSR count). The molecule has 0 saturated heterocycles. The molecule has 2 heteroatoms. The lowest BCUT2D eigenvalue weighted by atomic mass is 9.98. The van der Waals surface area contributed by atoms with Crippen LogP contribution in [0, 0.1) is 13.8 Å². The molecule has 21 heavy (non-hydrogen) atoms. The first kappa shape index (κ1) is 14.2. The summed E-state index contributed by atoms with van der Waals surface area (Å²) in [6, 6.07) is 14.8. The molecule has 0 saturated carbocycles. The third-order valence-electron chi connectivity index (χ3n) is 4.38. The van der Waals surface area contributed by atoms with E-state index >= 15 is 0 Å². The van der Waals surface area contributed by atoms with E-state index in [0.717, 1.165) is 24.9 Å². The highest BCUT2D eigenvalue weighted by Gasteiger charge is 2.20. The van der Waals surface area contributed by atoms with Gasteiger partial charge in [0.15, 0.2) is 0 Å². The van der Waals surface area contributed by atoms with Crippen LogP contribution in [0.5, 0.6) is 0 Å². The quantitative estimate of drug-likeness (QED) is 0.925. The van der Waals surface area contributed by atoms with Gasteiger partial charge in [-0.1, -0.05) is 42.0 Å². The number of benzene rings is 2. The zero-order valence-corrected chi connectivity index (χ0v) is 12.8. The molecule has 1 N–H and O–H groups in total. The summed E-state index contributed by atoms with van der Waals surface area (Å²) in [5.41, 5.74) is 6.15. The van der Waals surface area contributed by atoms with Crippen molar-refractivity contribution in [2.45, 2.75) is 32.8 Å². The summed E-state index contributed by atoms with van der Waals surface area (Å²) in [4.78, 5) is 2.32. The Balaban J connectivity index is 1.81. The Labute approximate surface area is 127 Å². The van der Waals surface area contributed by atoms with Gasteiger partial charge in [-0.2, -0.15) is 0 Å². The van der Waals surface area contributed by atoms with Crippen LogP contribution in [-0.4, -0.2) is 18.2 Å². The maximum absolute atomic E-state index is 10.6. The van der Waals surface area contributed by atoms with Gasteiger partial charge in [-0.25, -0.2) is 0 Å². The first-order valence-electron chi connectivity index (χ1n) is 7.73. The van der Waals surface area contributed by atoms with E-state index in [1.807, 2.05) is 0 Å². The number of aliphatic hydroxyl groups is 1. The molecule has 2 aromatic carbocycles. The fraction of sp³-hybridized carbons (Fsp3) is 0.368. The Morgan fingerprint density at radius 1 is 1.14 bits per heavy atom. The van der Waals surface area contributed by atoms with Crippen LogP contribution in [0.1, 0.15) is 34.8 Å². The van der Waals surface area contributed by atoms with Crippen LogP contribution in [0.4, 0.5) is 5.69 Å². The lowest BCUT2D eigenvalue weighted by Gasteiger charge is -2.33. The molecule has 1 heterocycles. The SMILES string of the molecule is Cc1ccc(C(O)CN2CCCc3ccccc32)c(C)c1. The third-order valence-corrected chi connectivity index (χ3v) is 4.38. The largest absolute Gasteiger partial charge is 0.387 e. The van der Waals surface area contributed by atoms with E-state index in [9.17, 15) is 5.11 Å². The molecule has 0 aromatic heterocycles. The number of nitrogens with zero attached hydrogens (tertiary/aromatic N) is 1. The standard InChI is InChI=1S/C19H23NO/c1-14-9-10-17(15(2)12-14)19(21)13-20-11-5-7-16-6-3-4-8-18(16)20/h3-4,6,8-10,12,19,21H,5,7,11,13H2,1-2H3. The van der Waals surface area contributed by atoms with Crippen molar-refractivity contribution >= 4 is 5.69 Å². The molecule has 0 aliphatic carbocycles. The highest BCUT2D eigenvalue weighted by Crippen LogP contribution is 2.29. The lowest BCUT2D eigenvalue weighted by Crippen LogP contribution is -2.33. The number of hydrogen-bond donors (Lipinski definition) is 1. The van der Waals surface area contributed by atoms with Gasteiger partial charge in [0.25, 0.3) is 0 Å². The summed E-state index contributed by atoms with van der Waals surface area (Å²) < 4.78 is 0. The lowest BCUT2D eigenvalue weighted by molar-refractivity contribution is 0.182. The minimum atomic E-state index is -0.434. The van der Waals surface area contributed by atoms with E-state index in [2.05, 4.69) is 61.2 Å². The molecular formula is C19H23NO. The zero-order chi connectivity index (χ0) is 14.8. The average Bonchev–Trinajstić information content (AvgIpc) is 2.47. The predicted molar refractivity (Wildman–Crippen MR) is 87.9 cm³/mol. The van der Waals surface area contributed by atoms with Crippen LogP contribution >= 0.6 is 0 Å². The normalized spacial score (nSPS) is 15.7. The average molecular weight is 281 g/mol. The second-order valence-corrected chi connectivity index (χ2v) is 6.05. The third kappa shape index (κ3) is 2.96. The molecule has 0 spiro atoms. The number of rotatable bonds is 3. The fourth-order valence-electron chi connectivity index (χ4n) is 3.31. The van der Waals surface area contributed by atoms with E-state index in [1.165, 1.54) is 22.4 Å². The molecular weight excluding hydrogens is 258 g/mol. The van der Waals surface area contributed by atoms with Crippen LogP contribution in [0.25, 0.3) is 0 Å². The van der Waals surface area contributed by atoms with E-state index in [1.54, 1.807) is 0 Å². The van der Waals surface area contributed by atoms with Crippen LogP contribution in [0.2, 0.25) is 0 Å². The van der Waals surface area contributed by atoms with Crippen molar-refractivity contribution in [1.82, 2.24) is 0 Å². The molecule has 0 radical (unpaired) electrons. The summed E-state index contributed by atoms with van der Waals surface area (Å²) in [6.07, 6.45) is 1.87. The number of aryl methyl sites for hydroxylation is 3. The Kier molecular flexibility index (Phi) is 3.98. The second-order valence-electron chi connectivity index (χ2n) is 6.05. The minimum absolute atomic E-state index is 0.434. The molecule has 110 valence electrons. The van der Waals surface area contributed by atoms with Gasteiger partial charge >= 0.3 is 0 Å². The Hall–Kier alpha value is -1.80. The topological polar surface area (TPSA) is 23.5 Å². The molecule has 2 aromatic rings. The number of fused-ring (bicyclic) bond motifs is 1. The van der Waals surface area contributed by atoms with Crippen molar-refractivity contribution in [1.29, 1.82) is 0 Å². The van der Waals surface area contributed by atoms with Gasteiger partial charge < -0.3 is 10.0 Å². The number of anilines is 1. The maximum atomic E-state index is 10.6. The molecule has 0 amide bonds. The van der Waals surface area contributed by atoms with Gasteiger partial charge in [-0.3, -0.25) is 0 Å². The predicted octanol–water partition coefficient (Wildman–Crippen LogP) is 3.79. The number of aliphatic hydroxyl groups excluding tert-OH is 1. The van der Waals surface area contributed by atoms with E-state index < -0.39 is 6.10 Å². The van der Waals surface area contributed by atoms with Crippen LogP contribution in [0.15, 0.2) is 42.5 Å². The van der Waals surface area contributed by atoms with Crippen molar-refractivity contribution in [2.75, 3.05) is 18.0 Å². The summed E-state index contributed by atoms with van der Waals surface area (Å²) in [5, 5.41) is 10.6. The van der Waals surface area contributed by atoms with Crippen LogP contribution < -0.4 is 4.90 Å². The zero-order valence-electron chi connectivity index (χ0n) is 12.8. The van der Waals surface area contributed by atoms with Gasteiger partial charge in [0.2, 0.25) is 0 Å². The summed E-state index contributed by atoms with van der Waals surface area (Å²) in [7, 11) is 0. The summed E-state index contributed by atoms with van der Waals surface area (Å²) >= 11 is 0. The van der Waals surface area contributed by atoms with Gasteiger partial charge in [0.05, 0.1) is 6.10 Å². The van der Waals surface area contributed by atoms with Crippen LogP contribution in [-0.2, 0) is 6.42 Å². The first-order valence-corrected chi connectivity index (χ1v) is 7.73. The van der Waals surface area contributed by atoms with E-state index in [-0.39, 0.29) is 0 Å². The molecule has 0 bridgehead atoms. The molecule has 1 unspecified atom stereocenters. The van der Waals surface area contributed by atoms with Gasteiger partial charge in [0.1, 0.15) is 0 Å². The van der Waals surface area contributed by atoms with Gasteiger partial charge in [-0.05, 0) is 49.4 Å². The van der Waals surface area contributed by atoms with E-state index in [4.69, 9.17) is 0 Å². The fourth-order valence-corrected chi connectivity index (χ4v) is 3.31. The summed E-state index contributed by atoms with van der Waals surface area (Å²) in [5.74, 6) is 0.